The fourth-order valence-electron chi connectivity index (χ4n) is 3.95. The molecule has 29 heavy (non-hydrogen) atoms. The Labute approximate surface area is 177 Å². The average molecular weight is 411 g/mol. The highest BCUT2D eigenvalue weighted by atomic mass is 32.1. The first-order chi connectivity index (χ1) is 14.1. The lowest BCUT2D eigenvalue weighted by atomic mass is 9.97. The van der Waals surface area contributed by atoms with Gasteiger partial charge >= 0.3 is 0 Å². The molecule has 2 aromatic heterocycles. The fraction of sp³-hybridized carbons (Fsp3) is 0.375. The van der Waals surface area contributed by atoms with E-state index in [1.165, 1.54) is 17.0 Å². The number of methoxy groups -OCH3 is 1. The molecule has 3 aromatic rings. The van der Waals surface area contributed by atoms with Gasteiger partial charge in [-0.25, -0.2) is 0 Å². The molecule has 0 unspecified atom stereocenters. The molecule has 154 valence electrons. The molecule has 0 spiro atoms. The van der Waals surface area contributed by atoms with Crippen molar-refractivity contribution >= 4 is 17.2 Å². The van der Waals surface area contributed by atoms with Crippen LogP contribution in [-0.2, 0) is 19.4 Å². The van der Waals surface area contributed by atoms with Gasteiger partial charge in [0.05, 0.1) is 12.7 Å². The number of hydrogen-bond acceptors (Lipinski definition) is 3. The third-order valence-corrected chi connectivity index (χ3v) is 6.37. The Morgan fingerprint density at radius 2 is 1.90 bits per heavy atom. The topological polar surface area (TPSA) is 57.2 Å². The quantitative estimate of drug-likeness (QED) is 0.442. The number of amides is 1. The first-order valence-corrected chi connectivity index (χ1v) is 11.1. The summed E-state index contributed by atoms with van der Waals surface area (Å²) in [7, 11) is 1.66. The lowest BCUT2D eigenvalue weighted by Gasteiger charge is -2.13. The summed E-state index contributed by atoms with van der Waals surface area (Å²) < 4.78 is 7.62. The van der Waals surface area contributed by atoms with Crippen LogP contribution in [0.15, 0.2) is 41.8 Å². The van der Waals surface area contributed by atoms with Gasteiger partial charge in [0.15, 0.2) is 0 Å². The van der Waals surface area contributed by atoms with Gasteiger partial charge in [-0.1, -0.05) is 38.0 Å². The second-order valence-corrected chi connectivity index (χ2v) is 8.35. The van der Waals surface area contributed by atoms with Crippen molar-refractivity contribution in [2.24, 2.45) is 5.73 Å². The van der Waals surface area contributed by atoms with Gasteiger partial charge in [-0.3, -0.25) is 4.79 Å². The highest BCUT2D eigenvalue weighted by Gasteiger charge is 2.24. The van der Waals surface area contributed by atoms with Gasteiger partial charge < -0.3 is 15.0 Å². The van der Waals surface area contributed by atoms with E-state index in [1.807, 2.05) is 31.2 Å². The van der Waals surface area contributed by atoms with Crippen molar-refractivity contribution in [3.63, 3.8) is 0 Å². The maximum Gasteiger partial charge on any atom is 0.251 e. The summed E-state index contributed by atoms with van der Waals surface area (Å²) in [5, 5.41) is 2.11. The van der Waals surface area contributed by atoms with Crippen LogP contribution in [0.4, 0.5) is 0 Å². The van der Waals surface area contributed by atoms with Crippen molar-refractivity contribution in [1.82, 2.24) is 4.57 Å². The number of carbonyl (C=O) groups excluding carboxylic acids is 1. The second kappa shape index (κ2) is 9.79. The van der Waals surface area contributed by atoms with Crippen LogP contribution in [0, 0.1) is 6.92 Å². The molecule has 5 heteroatoms. The van der Waals surface area contributed by atoms with Crippen LogP contribution in [0.2, 0.25) is 0 Å². The van der Waals surface area contributed by atoms with Crippen molar-refractivity contribution < 1.29 is 9.53 Å². The lowest BCUT2D eigenvalue weighted by molar-refractivity contribution is 0.1000. The van der Waals surface area contributed by atoms with Crippen molar-refractivity contribution in [1.29, 1.82) is 0 Å². The summed E-state index contributed by atoms with van der Waals surface area (Å²) in [6.07, 6.45) is 5.32. The molecule has 0 saturated heterocycles. The number of benzene rings is 1. The molecule has 0 saturated carbocycles. The summed E-state index contributed by atoms with van der Waals surface area (Å²) in [5.74, 6) is 0.440. The summed E-state index contributed by atoms with van der Waals surface area (Å²) in [4.78, 5) is 13.8. The maximum atomic E-state index is 12.5. The first kappa shape index (κ1) is 21.2. The van der Waals surface area contributed by atoms with Crippen molar-refractivity contribution in [3.05, 3.63) is 63.6 Å². The van der Waals surface area contributed by atoms with Crippen LogP contribution >= 0.6 is 11.3 Å². The molecule has 2 N–H and O–H groups in total. The highest BCUT2D eigenvalue weighted by Crippen LogP contribution is 2.35. The van der Waals surface area contributed by atoms with Crippen molar-refractivity contribution in [3.8, 4) is 16.9 Å². The number of unbranched alkanes of at least 4 members (excludes halogenated alkanes) is 2. The van der Waals surface area contributed by atoms with Gasteiger partial charge in [-0.15, -0.1) is 11.3 Å². The van der Waals surface area contributed by atoms with Crippen LogP contribution in [-0.4, -0.2) is 17.6 Å². The zero-order chi connectivity index (χ0) is 20.8. The molecule has 2 heterocycles. The number of rotatable bonds is 10. The van der Waals surface area contributed by atoms with Crippen LogP contribution in [0.1, 0.15) is 52.8 Å². The predicted octanol–water partition coefficient (Wildman–Crippen LogP) is 5.61. The Bertz CT molecular complexity index is 940. The van der Waals surface area contributed by atoms with Crippen molar-refractivity contribution in [2.75, 3.05) is 7.11 Å². The van der Waals surface area contributed by atoms with E-state index in [-0.39, 0.29) is 5.91 Å². The van der Waals surface area contributed by atoms with Crippen LogP contribution < -0.4 is 10.5 Å². The predicted molar refractivity (Wildman–Crippen MR) is 121 cm³/mol. The Morgan fingerprint density at radius 3 is 2.48 bits per heavy atom. The van der Waals surface area contributed by atoms with E-state index >= 15 is 0 Å². The monoisotopic (exact) mass is 410 g/mol. The molecule has 0 aliphatic carbocycles. The summed E-state index contributed by atoms with van der Waals surface area (Å²) in [5.41, 5.74) is 10.7. The molecular weight excluding hydrogens is 380 g/mol. The molecule has 0 atom stereocenters. The fourth-order valence-corrected chi connectivity index (χ4v) is 4.65. The standard InChI is InChI=1S/C24H30N2O2S/c1-4-5-6-9-21-23(18-10-12-19(28-3)13-11-18)22(24(25)27)17(2)26(21)15-14-20-8-7-16-29-20/h7-8,10-13,16H,4-6,9,14-15H2,1-3H3,(H2,25,27). The number of thiophene rings is 1. The number of carbonyl (C=O) groups is 1. The molecule has 4 nitrogen and oxygen atoms in total. The Balaban J connectivity index is 2.08. The molecule has 1 amide bonds. The minimum absolute atomic E-state index is 0.361. The maximum absolute atomic E-state index is 12.5. The number of aryl methyl sites for hydroxylation is 1. The van der Waals surface area contributed by atoms with Gasteiger partial charge in [-0.2, -0.15) is 0 Å². The zero-order valence-electron chi connectivity index (χ0n) is 17.5. The number of nitrogens with two attached hydrogens (primary N) is 1. The highest BCUT2D eigenvalue weighted by molar-refractivity contribution is 7.09. The summed E-state index contributed by atoms with van der Waals surface area (Å²) in [6.45, 7) is 5.08. The SMILES string of the molecule is CCCCCc1c(-c2ccc(OC)cc2)c(C(N)=O)c(C)n1CCc1cccs1. The molecule has 0 bridgehead atoms. The number of nitrogens with zero attached hydrogens (tertiary/aromatic N) is 1. The average Bonchev–Trinajstić information content (AvgIpc) is 3.33. The zero-order valence-corrected chi connectivity index (χ0v) is 18.3. The van der Waals surface area contributed by atoms with Gasteiger partial charge in [0.2, 0.25) is 0 Å². The van der Waals surface area contributed by atoms with E-state index in [2.05, 4.69) is 29.0 Å². The van der Waals surface area contributed by atoms with E-state index in [1.54, 1.807) is 18.4 Å². The summed E-state index contributed by atoms with van der Waals surface area (Å²) >= 11 is 1.77. The number of primary amides is 1. The van der Waals surface area contributed by atoms with Gasteiger partial charge in [0.25, 0.3) is 5.91 Å². The Morgan fingerprint density at radius 1 is 1.14 bits per heavy atom. The molecule has 0 radical (unpaired) electrons. The molecular formula is C24H30N2O2S. The second-order valence-electron chi connectivity index (χ2n) is 7.31. The van der Waals surface area contributed by atoms with Crippen LogP contribution in [0.25, 0.3) is 11.1 Å². The third kappa shape index (κ3) is 4.73. The van der Waals surface area contributed by atoms with E-state index in [0.29, 0.717) is 5.56 Å². The third-order valence-electron chi connectivity index (χ3n) is 5.44. The molecule has 3 rings (SSSR count). The minimum Gasteiger partial charge on any atom is -0.497 e. The first-order valence-electron chi connectivity index (χ1n) is 10.2. The van der Waals surface area contributed by atoms with Crippen LogP contribution in [0.5, 0.6) is 5.75 Å². The number of ether oxygens (including phenoxy) is 1. The molecule has 1 aromatic carbocycles. The van der Waals surface area contributed by atoms with E-state index < -0.39 is 0 Å². The normalized spacial score (nSPS) is 11.0. The largest absolute Gasteiger partial charge is 0.497 e. The Hall–Kier alpha value is -2.53. The van der Waals surface area contributed by atoms with Crippen molar-refractivity contribution in [2.45, 2.75) is 52.5 Å². The molecule has 0 aliphatic rings. The number of hydrogen-bond donors (Lipinski definition) is 1. The van der Waals surface area contributed by atoms with Crippen LogP contribution in [0.3, 0.4) is 0 Å². The van der Waals surface area contributed by atoms with Gasteiger partial charge in [-0.05, 0) is 55.3 Å². The minimum atomic E-state index is -0.361. The smallest absolute Gasteiger partial charge is 0.251 e. The van der Waals surface area contributed by atoms with E-state index in [9.17, 15) is 4.79 Å². The van der Waals surface area contributed by atoms with Gasteiger partial charge in [0, 0.05) is 28.4 Å². The lowest BCUT2D eigenvalue weighted by Crippen LogP contribution is -2.13. The molecule has 0 fully saturated rings. The van der Waals surface area contributed by atoms with E-state index in [4.69, 9.17) is 10.5 Å². The van der Waals surface area contributed by atoms with E-state index in [0.717, 1.165) is 54.8 Å². The molecule has 0 aliphatic heterocycles. The summed E-state index contributed by atoms with van der Waals surface area (Å²) in [6, 6.07) is 12.2. The Kier molecular flexibility index (Phi) is 7.15. The number of aromatic nitrogens is 1. The van der Waals surface area contributed by atoms with Gasteiger partial charge in [0.1, 0.15) is 5.75 Å².